The SMILES string of the molecule is C=CCN(Cc1cc(Br)ccc1F)C(=O)Cn1cnc2c(oc3ccccc32)c1=O. The van der Waals surface area contributed by atoms with E-state index in [0.29, 0.717) is 21.1 Å². The maximum Gasteiger partial charge on any atom is 0.297 e. The van der Waals surface area contributed by atoms with Gasteiger partial charge >= 0.3 is 0 Å². The summed E-state index contributed by atoms with van der Waals surface area (Å²) in [4.78, 5) is 31.5. The van der Waals surface area contributed by atoms with Crippen molar-refractivity contribution in [1.82, 2.24) is 14.5 Å². The van der Waals surface area contributed by atoms with Crippen LogP contribution in [0.15, 0.2) is 75.1 Å². The quantitative estimate of drug-likeness (QED) is 0.395. The van der Waals surface area contributed by atoms with Gasteiger partial charge in [-0.15, -0.1) is 6.58 Å². The summed E-state index contributed by atoms with van der Waals surface area (Å²) in [5.74, 6) is -0.781. The van der Waals surface area contributed by atoms with Crippen LogP contribution in [0.5, 0.6) is 0 Å². The molecule has 0 spiro atoms. The molecule has 152 valence electrons. The summed E-state index contributed by atoms with van der Waals surface area (Å²) in [5, 5.41) is 0.737. The highest BCUT2D eigenvalue weighted by Crippen LogP contribution is 2.24. The van der Waals surface area contributed by atoms with Gasteiger partial charge in [-0.3, -0.25) is 14.2 Å². The first-order chi connectivity index (χ1) is 14.5. The lowest BCUT2D eigenvalue weighted by Crippen LogP contribution is -2.36. The number of carbonyl (C=O) groups is 1. The molecule has 0 unspecified atom stereocenters. The minimum absolute atomic E-state index is 0.0468. The van der Waals surface area contributed by atoms with Crippen molar-refractivity contribution in [2.24, 2.45) is 0 Å². The predicted octanol–water partition coefficient (Wildman–Crippen LogP) is 4.26. The second-order valence-electron chi connectivity index (χ2n) is 6.75. The molecule has 2 heterocycles. The van der Waals surface area contributed by atoms with E-state index in [1.165, 1.54) is 21.9 Å². The van der Waals surface area contributed by atoms with E-state index < -0.39 is 11.4 Å². The largest absolute Gasteiger partial charge is 0.448 e. The van der Waals surface area contributed by atoms with Crippen LogP contribution in [-0.2, 0) is 17.9 Å². The van der Waals surface area contributed by atoms with Crippen molar-refractivity contribution in [2.45, 2.75) is 13.1 Å². The van der Waals surface area contributed by atoms with Crippen LogP contribution in [0.1, 0.15) is 5.56 Å². The maximum atomic E-state index is 14.1. The van der Waals surface area contributed by atoms with E-state index in [-0.39, 0.29) is 31.1 Å². The highest BCUT2D eigenvalue weighted by molar-refractivity contribution is 9.10. The molecule has 2 aromatic carbocycles. The molecule has 0 N–H and O–H groups in total. The van der Waals surface area contributed by atoms with Crippen molar-refractivity contribution in [1.29, 1.82) is 0 Å². The molecule has 6 nitrogen and oxygen atoms in total. The van der Waals surface area contributed by atoms with Gasteiger partial charge < -0.3 is 9.32 Å². The summed E-state index contributed by atoms with van der Waals surface area (Å²) in [7, 11) is 0. The molecule has 0 saturated heterocycles. The van der Waals surface area contributed by atoms with Crippen molar-refractivity contribution >= 4 is 43.9 Å². The van der Waals surface area contributed by atoms with E-state index >= 15 is 0 Å². The fraction of sp³-hybridized carbons (Fsp3) is 0.136. The topological polar surface area (TPSA) is 68.3 Å². The van der Waals surface area contributed by atoms with Gasteiger partial charge in [0.1, 0.15) is 23.5 Å². The van der Waals surface area contributed by atoms with Crippen LogP contribution in [0.3, 0.4) is 0 Å². The Morgan fingerprint density at radius 2 is 2.10 bits per heavy atom. The van der Waals surface area contributed by atoms with Gasteiger partial charge in [-0.1, -0.05) is 34.1 Å². The number of amides is 1. The van der Waals surface area contributed by atoms with Crippen molar-refractivity contribution in [3.8, 4) is 0 Å². The van der Waals surface area contributed by atoms with Gasteiger partial charge in [0.15, 0.2) is 0 Å². The number of benzene rings is 2. The molecule has 4 rings (SSSR count). The monoisotopic (exact) mass is 469 g/mol. The number of para-hydroxylation sites is 1. The van der Waals surface area contributed by atoms with Gasteiger partial charge in [0.25, 0.3) is 5.56 Å². The second kappa shape index (κ2) is 8.23. The lowest BCUT2D eigenvalue weighted by molar-refractivity contribution is -0.132. The Labute approximate surface area is 179 Å². The molecule has 2 aromatic heterocycles. The summed E-state index contributed by atoms with van der Waals surface area (Å²) < 4.78 is 21.7. The zero-order valence-electron chi connectivity index (χ0n) is 15.8. The number of nitrogens with zero attached hydrogens (tertiary/aromatic N) is 3. The number of carbonyl (C=O) groups excluding carboxylic acids is 1. The number of hydrogen-bond donors (Lipinski definition) is 0. The Bertz CT molecular complexity index is 1330. The normalized spacial score (nSPS) is 11.1. The van der Waals surface area contributed by atoms with Gasteiger partial charge in [-0.2, -0.15) is 0 Å². The molecule has 0 aliphatic rings. The van der Waals surface area contributed by atoms with Crippen molar-refractivity contribution < 1.29 is 13.6 Å². The summed E-state index contributed by atoms with van der Waals surface area (Å²) in [6.45, 7) is 3.67. The first-order valence-electron chi connectivity index (χ1n) is 9.17. The smallest absolute Gasteiger partial charge is 0.297 e. The van der Waals surface area contributed by atoms with Crippen LogP contribution in [0.4, 0.5) is 4.39 Å². The van der Waals surface area contributed by atoms with E-state index in [2.05, 4.69) is 27.5 Å². The van der Waals surface area contributed by atoms with Crippen molar-refractivity contribution in [3.05, 3.63) is 87.7 Å². The Morgan fingerprint density at radius 1 is 1.30 bits per heavy atom. The fourth-order valence-electron chi connectivity index (χ4n) is 3.25. The standard InChI is InChI=1S/C22H17BrFN3O3/c1-2-9-26(11-14-10-15(23)7-8-17(14)24)19(28)12-27-13-25-20-16-5-3-4-6-18(16)30-21(20)22(27)29/h2-8,10,13H,1,9,11-12H2. The first kappa shape index (κ1) is 20.0. The molecule has 0 bridgehead atoms. The highest BCUT2D eigenvalue weighted by Gasteiger charge is 2.19. The van der Waals surface area contributed by atoms with Gasteiger partial charge in [-0.05, 0) is 30.3 Å². The molecular formula is C22H17BrFN3O3. The average Bonchev–Trinajstić information content (AvgIpc) is 3.12. The molecule has 0 saturated carbocycles. The van der Waals surface area contributed by atoms with Gasteiger partial charge in [0.2, 0.25) is 11.5 Å². The van der Waals surface area contributed by atoms with Crippen LogP contribution in [-0.4, -0.2) is 26.9 Å². The molecule has 0 aliphatic carbocycles. The lowest BCUT2D eigenvalue weighted by Gasteiger charge is -2.22. The van der Waals surface area contributed by atoms with Gasteiger partial charge in [0.05, 0.1) is 6.33 Å². The van der Waals surface area contributed by atoms with E-state index in [1.54, 1.807) is 30.3 Å². The molecule has 0 aliphatic heterocycles. The number of halogens is 2. The predicted molar refractivity (Wildman–Crippen MR) is 115 cm³/mol. The lowest BCUT2D eigenvalue weighted by atomic mass is 10.2. The summed E-state index contributed by atoms with van der Waals surface area (Å²) in [5.41, 5.74) is 1.02. The Kier molecular flexibility index (Phi) is 5.50. The number of hydrogen-bond acceptors (Lipinski definition) is 4. The fourth-order valence-corrected chi connectivity index (χ4v) is 3.66. The molecule has 0 atom stereocenters. The number of rotatable bonds is 6. The minimum Gasteiger partial charge on any atom is -0.448 e. The molecule has 0 fully saturated rings. The summed E-state index contributed by atoms with van der Waals surface area (Å²) in [6.07, 6.45) is 2.88. The van der Waals surface area contributed by atoms with Crippen molar-refractivity contribution in [3.63, 3.8) is 0 Å². The van der Waals surface area contributed by atoms with E-state index in [9.17, 15) is 14.0 Å². The molecule has 30 heavy (non-hydrogen) atoms. The van der Waals surface area contributed by atoms with Crippen LogP contribution in [0, 0.1) is 5.82 Å². The van der Waals surface area contributed by atoms with Crippen LogP contribution < -0.4 is 5.56 Å². The molecule has 8 heteroatoms. The van der Waals surface area contributed by atoms with E-state index in [0.717, 1.165) is 5.39 Å². The van der Waals surface area contributed by atoms with E-state index in [4.69, 9.17) is 4.42 Å². The van der Waals surface area contributed by atoms with Crippen LogP contribution in [0.2, 0.25) is 0 Å². The van der Waals surface area contributed by atoms with Crippen molar-refractivity contribution in [2.75, 3.05) is 6.54 Å². The highest BCUT2D eigenvalue weighted by atomic mass is 79.9. The number of aromatic nitrogens is 2. The molecular weight excluding hydrogens is 453 g/mol. The van der Waals surface area contributed by atoms with Gasteiger partial charge in [0, 0.05) is 28.5 Å². The van der Waals surface area contributed by atoms with Crippen LogP contribution >= 0.6 is 15.9 Å². The van der Waals surface area contributed by atoms with Crippen LogP contribution in [0.25, 0.3) is 22.1 Å². The third-order valence-electron chi connectivity index (χ3n) is 4.73. The minimum atomic E-state index is -0.447. The zero-order chi connectivity index (χ0) is 21.3. The average molecular weight is 470 g/mol. The van der Waals surface area contributed by atoms with E-state index in [1.807, 2.05) is 12.1 Å². The number of fused-ring (bicyclic) bond motifs is 3. The Balaban J connectivity index is 1.63. The molecule has 1 amide bonds. The summed E-state index contributed by atoms with van der Waals surface area (Å²) in [6, 6.07) is 11.8. The Hall–Kier alpha value is -3.26. The molecule has 4 aromatic rings. The second-order valence-corrected chi connectivity index (χ2v) is 7.67. The van der Waals surface area contributed by atoms with Gasteiger partial charge in [-0.25, -0.2) is 9.37 Å². The first-order valence-corrected chi connectivity index (χ1v) is 9.96. The third-order valence-corrected chi connectivity index (χ3v) is 5.22. The number of furan rings is 1. The Morgan fingerprint density at radius 3 is 2.90 bits per heavy atom. The maximum absolute atomic E-state index is 14.1. The molecule has 0 radical (unpaired) electrons. The summed E-state index contributed by atoms with van der Waals surface area (Å²) >= 11 is 3.31. The zero-order valence-corrected chi connectivity index (χ0v) is 17.4. The third kappa shape index (κ3) is 3.78.